The first-order chi connectivity index (χ1) is 10.6. The van der Waals surface area contributed by atoms with Gasteiger partial charge < -0.3 is 19.6 Å². The maximum atomic E-state index is 12.2. The minimum absolute atomic E-state index is 0.0826. The molecule has 116 valence electrons. The van der Waals surface area contributed by atoms with Crippen LogP contribution >= 0.6 is 0 Å². The van der Waals surface area contributed by atoms with Crippen molar-refractivity contribution in [3.8, 4) is 0 Å². The fraction of sp³-hybridized carbons (Fsp3) is 0.429. The van der Waals surface area contributed by atoms with Gasteiger partial charge in [0.05, 0.1) is 24.6 Å². The number of amides is 2. The Hall–Kier alpha value is -2.64. The van der Waals surface area contributed by atoms with Crippen molar-refractivity contribution < 1.29 is 14.0 Å². The lowest BCUT2D eigenvalue weighted by Crippen LogP contribution is -2.28. The number of nitrogens with zero attached hydrogens (tertiary/aromatic N) is 3. The predicted octanol–water partition coefficient (Wildman–Crippen LogP) is 0.663. The van der Waals surface area contributed by atoms with Crippen LogP contribution < -0.4 is 5.32 Å². The van der Waals surface area contributed by atoms with Gasteiger partial charge in [0.1, 0.15) is 5.82 Å². The average molecular weight is 303 g/mol. The molecule has 0 spiro atoms. The number of imidazole rings is 1. The molecule has 0 radical (unpaired) electrons. The number of hydrogen-bond donors (Lipinski definition) is 2. The topological polar surface area (TPSA) is 104 Å². The van der Waals surface area contributed by atoms with E-state index in [2.05, 4.69) is 20.3 Å². The van der Waals surface area contributed by atoms with Crippen molar-refractivity contribution in [2.45, 2.75) is 25.8 Å². The fourth-order valence-electron chi connectivity index (χ4n) is 2.54. The highest BCUT2D eigenvalue weighted by atomic mass is 16.3. The molecule has 0 unspecified atom stereocenters. The van der Waals surface area contributed by atoms with Crippen LogP contribution in [0.1, 0.15) is 41.3 Å². The Morgan fingerprint density at radius 2 is 2.36 bits per heavy atom. The van der Waals surface area contributed by atoms with Gasteiger partial charge >= 0.3 is 0 Å². The van der Waals surface area contributed by atoms with Crippen molar-refractivity contribution in [1.82, 2.24) is 25.2 Å². The van der Waals surface area contributed by atoms with E-state index in [9.17, 15) is 9.59 Å². The quantitative estimate of drug-likeness (QED) is 0.863. The smallest absolute Gasteiger partial charge is 0.291 e. The van der Waals surface area contributed by atoms with E-state index in [1.807, 2.05) is 0 Å². The van der Waals surface area contributed by atoms with Gasteiger partial charge in [0.2, 0.25) is 11.7 Å². The molecule has 1 atom stereocenters. The molecule has 3 heterocycles. The normalized spacial score (nSPS) is 17.7. The van der Waals surface area contributed by atoms with E-state index in [1.165, 1.54) is 19.5 Å². The second-order valence-electron chi connectivity index (χ2n) is 5.31. The molecule has 8 heteroatoms. The van der Waals surface area contributed by atoms with Gasteiger partial charge in [-0.15, -0.1) is 0 Å². The third-order valence-corrected chi connectivity index (χ3v) is 3.68. The Balaban J connectivity index is 1.60. The van der Waals surface area contributed by atoms with E-state index < -0.39 is 0 Å². The van der Waals surface area contributed by atoms with Crippen molar-refractivity contribution in [3.05, 3.63) is 36.1 Å². The molecular weight excluding hydrogens is 286 g/mol. The zero-order valence-corrected chi connectivity index (χ0v) is 12.2. The summed E-state index contributed by atoms with van der Waals surface area (Å²) < 4.78 is 5.04. The van der Waals surface area contributed by atoms with Crippen LogP contribution in [-0.2, 0) is 11.3 Å². The summed E-state index contributed by atoms with van der Waals surface area (Å²) in [4.78, 5) is 36.1. The lowest BCUT2D eigenvalue weighted by Gasteiger charge is -2.13. The number of likely N-dealkylation sites (tertiary alicyclic amines) is 1. The molecule has 2 N–H and O–H groups in total. The van der Waals surface area contributed by atoms with Crippen LogP contribution in [0.4, 0.5) is 0 Å². The standard InChI is InChI=1S/C14H17N5O3/c1-9(20)16-4-11-5-17-13(18-11)10-2-3-19(7-10)14(21)12-6-15-8-22-12/h5-6,8,10H,2-4,7H2,1H3,(H,16,20)(H,17,18)/t10-/m0/s1. The number of hydrogen-bond acceptors (Lipinski definition) is 5. The van der Waals surface area contributed by atoms with Gasteiger partial charge in [-0.1, -0.05) is 0 Å². The van der Waals surface area contributed by atoms with Crippen molar-refractivity contribution in [2.75, 3.05) is 13.1 Å². The zero-order valence-electron chi connectivity index (χ0n) is 12.2. The predicted molar refractivity (Wildman–Crippen MR) is 75.9 cm³/mol. The van der Waals surface area contributed by atoms with E-state index in [-0.39, 0.29) is 23.5 Å². The largest absolute Gasteiger partial charge is 0.438 e. The van der Waals surface area contributed by atoms with Gasteiger partial charge in [0.25, 0.3) is 5.91 Å². The number of oxazole rings is 1. The Morgan fingerprint density at radius 3 is 3.09 bits per heavy atom. The molecule has 22 heavy (non-hydrogen) atoms. The summed E-state index contributed by atoms with van der Waals surface area (Å²) >= 11 is 0. The van der Waals surface area contributed by atoms with Gasteiger partial charge in [-0.3, -0.25) is 9.59 Å². The summed E-state index contributed by atoms with van der Waals surface area (Å²) in [5, 5.41) is 2.72. The summed E-state index contributed by atoms with van der Waals surface area (Å²) in [5.41, 5.74) is 0.852. The molecule has 3 rings (SSSR count). The number of H-pyrrole nitrogens is 1. The fourth-order valence-corrected chi connectivity index (χ4v) is 2.54. The summed E-state index contributed by atoms with van der Waals surface area (Å²) in [7, 11) is 0. The highest BCUT2D eigenvalue weighted by Gasteiger charge is 2.30. The minimum Gasteiger partial charge on any atom is -0.438 e. The van der Waals surface area contributed by atoms with Crippen LogP contribution in [0, 0.1) is 0 Å². The molecular formula is C14H17N5O3. The molecule has 2 aromatic rings. The van der Waals surface area contributed by atoms with Crippen LogP contribution in [0.25, 0.3) is 0 Å². The summed E-state index contributed by atoms with van der Waals surface area (Å²) in [6.07, 6.45) is 5.23. The maximum absolute atomic E-state index is 12.2. The zero-order chi connectivity index (χ0) is 15.5. The molecule has 0 aromatic carbocycles. The van der Waals surface area contributed by atoms with Crippen molar-refractivity contribution in [1.29, 1.82) is 0 Å². The highest BCUT2D eigenvalue weighted by Crippen LogP contribution is 2.26. The van der Waals surface area contributed by atoms with Crippen LogP contribution in [0.15, 0.2) is 23.2 Å². The Labute approximate surface area is 126 Å². The molecule has 0 saturated carbocycles. The first-order valence-electron chi connectivity index (χ1n) is 7.09. The lowest BCUT2D eigenvalue weighted by atomic mass is 10.1. The van der Waals surface area contributed by atoms with Crippen molar-refractivity contribution in [3.63, 3.8) is 0 Å². The first kappa shape index (κ1) is 14.3. The van der Waals surface area contributed by atoms with Gasteiger partial charge in [-0.05, 0) is 6.42 Å². The number of aromatic nitrogens is 3. The van der Waals surface area contributed by atoms with E-state index in [4.69, 9.17) is 4.42 Å². The number of carbonyl (C=O) groups is 2. The van der Waals surface area contributed by atoms with Crippen LogP contribution in [0.2, 0.25) is 0 Å². The number of carbonyl (C=O) groups excluding carboxylic acids is 2. The molecule has 1 aliphatic heterocycles. The van der Waals surface area contributed by atoms with Gasteiger partial charge in [0.15, 0.2) is 6.39 Å². The number of aromatic amines is 1. The van der Waals surface area contributed by atoms with Crippen molar-refractivity contribution >= 4 is 11.8 Å². The van der Waals surface area contributed by atoms with Crippen molar-refractivity contribution in [2.24, 2.45) is 0 Å². The molecule has 0 aliphatic carbocycles. The summed E-state index contributed by atoms with van der Waals surface area (Å²) in [6.45, 7) is 3.15. The maximum Gasteiger partial charge on any atom is 0.291 e. The van der Waals surface area contributed by atoms with Gasteiger partial charge in [-0.25, -0.2) is 9.97 Å². The van der Waals surface area contributed by atoms with Crippen LogP contribution in [0.5, 0.6) is 0 Å². The van der Waals surface area contributed by atoms with Gasteiger partial charge in [0, 0.05) is 25.9 Å². The Morgan fingerprint density at radius 1 is 1.50 bits per heavy atom. The van der Waals surface area contributed by atoms with Gasteiger partial charge in [-0.2, -0.15) is 0 Å². The highest BCUT2D eigenvalue weighted by molar-refractivity contribution is 5.91. The Kier molecular flexibility index (Phi) is 3.90. The third-order valence-electron chi connectivity index (χ3n) is 3.68. The third kappa shape index (κ3) is 3.00. The molecule has 2 aromatic heterocycles. The molecule has 8 nitrogen and oxygen atoms in total. The molecule has 0 bridgehead atoms. The lowest BCUT2D eigenvalue weighted by molar-refractivity contribution is -0.119. The monoisotopic (exact) mass is 303 g/mol. The average Bonchev–Trinajstić information content (AvgIpc) is 3.23. The number of rotatable bonds is 4. The van der Waals surface area contributed by atoms with Crippen LogP contribution in [-0.4, -0.2) is 44.8 Å². The molecule has 1 fully saturated rings. The number of nitrogens with one attached hydrogen (secondary N) is 2. The molecule has 2 amide bonds. The van der Waals surface area contributed by atoms with E-state index >= 15 is 0 Å². The molecule has 1 aliphatic rings. The SMILES string of the molecule is CC(=O)NCc1cnc([C@H]2CCN(C(=O)c3cnco3)C2)[nH]1. The van der Waals surface area contributed by atoms with E-state index in [1.54, 1.807) is 11.1 Å². The second-order valence-corrected chi connectivity index (χ2v) is 5.31. The summed E-state index contributed by atoms with van der Waals surface area (Å²) in [6, 6.07) is 0. The molecule has 1 saturated heterocycles. The second kappa shape index (κ2) is 6.00. The van der Waals surface area contributed by atoms with E-state index in [0.717, 1.165) is 17.9 Å². The van der Waals surface area contributed by atoms with Crippen LogP contribution in [0.3, 0.4) is 0 Å². The summed E-state index contributed by atoms with van der Waals surface area (Å²) in [5.74, 6) is 1.03. The first-order valence-corrected chi connectivity index (χ1v) is 7.09. The minimum atomic E-state index is -0.148. The Bertz CT molecular complexity index is 664. The van der Waals surface area contributed by atoms with E-state index in [0.29, 0.717) is 19.6 Å².